The van der Waals surface area contributed by atoms with E-state index >= 15 is 0 Å². The minimum absolute atomic E-state index is 0.00284. The maximum atomic E-state index is 11.8. The van der Waals surface area contributed by atoms with E-state index in [2.05, 4.69) is 41.5 Å². The van der Waals surface area contributed by atoms with Gasteiger partial charge in [-0.25, -0.2) is 0 Å². The van der Waals surface area contributed by atoms with Gasteiger partial charge in [0.2, 0.25) is 0 Å². The van der Waals surface area contributed by atoms with Crippen LogP contribution >= 0.6 is 0 Å². The highest BCUT2D eigenvalue weighted by Crippen LogP contribution is 2.78. The van der Waals surface area contributed by atoms with Gasteiger partial charge in [0.05, 0.1) is 23.9 Å². The summed E-state index contributed by atoms with van der Waals surface area (Å²) < 4.78 is 0. The van der Waals surface area contributed by atoms with Crippen LogP contribution in [0.15, 0.2) is 0 Å². The second-order valence-corrected chi connectivity index (χ2v) is 15.8. The molecule has 7 unspecified atom stereocenters. The number of fused-ring (bicyclic) bond motifs is 7. The molecule has 0 radical (unpaired) electrons. The second-order valence-electron chi connectivity index (χ2n) is 15.8. The highest BCUT2D eigenvalue weighted by Gasteiger charge is 2.74. The molecule has 5 fully saturated rings. The van der Waals surface area contributed by atoms with Gasteiger partial charge in [-0.1, -0.05) is 41.5 Å². The molecule has 0 aromatic rings. The van der Waals surface area contributed by atoms with Crippen LogP contribution in [0.1, 0.15) is 107 Å². The predicted octanol–water partition coefficient (Wildman–Crippen LogP) is 5.16. The predicted molar refractivity (Wildman–Crippen MR) is 135 cm³/mol. The molecule has 5 rings (SSSR count). The third-order valence-corrected chi connectivity index (χ3v) is 13.7. The Morgan fingerprint density at radius 2 is 1.18 bits per heavy atom. The minimum atomic E-state index is -0.769. The van der Waals surface area contributed by atoms with Gasteiger partial charge >= 0.3 is 0 Å². The quantitative estimate of drug-likeness (QED) is 0.421. The van der Waals surface area contributed by atoms with Gasteiger partial charge in [-0.2, -0.15) is 0 Å². The van der Waals surface area contributed by atoms with E-state index in [9.17, 15) is 20.4 Å². The Kier molecular flexibility index (Phi) is 5.42. The molecule has 5 aliphatic carbocycles. The summed E-state index contributed by atoms with van der Waals surface area (Å²) >= 11 is 0. The molecule has 0 heterocycles. The Hall–Kier alpha value is -0.160. The van der Waals surface area contributed by atoms with E-state index in [4.69, 9.17) is 0 Å². The summed E-state index contributed by atoms with van der Waals surface area (Å²) in [6.45, 7) is 17.9. The Morgan fingerprint density at radius 1 is 0.676 bits per heavy atom. The number of hydrogen-bond acceptors (Lipinski definition) is 4. The standard InChI is InChI=1S/C30H52O4/c1-25(2)22(33)12-14-28(6)21-10-9-20-27(5)13-11-17(26(3,4)34)23(27)18(31)15-29(20,7)30(21,8)16-19(32)24(25)28/h17-24,31-34H,9-16H2,1-8H3/t17-,18+,19?,20?,21?,22+,23?,24?,27?,28-,29?,30-/m1/s1. The lowest BCUT2D eigenvalue weighted by molar-refractivity contribution is -0.289. The first kappa shape index (κ1) is 25.5. The zero-order valence-electron chi connectivity index (χ0n) is 23.1. The summed E-state index contributed by atoms with van der Waals surface area (Å²) in [6.07, 6.45) is 6.55. The van der Waals surface area contributed by atoms with Gasteiger partial charge in [0.25, 0.3) is 0 Å². The first-order valence-corrected chi connectivity index (χ1v) is 14.2. The van der Waals surface area contributed by atoms with Gasteiger partial charge in [-0.05, 0) is 122 Å². The molecule has 0 amide bonds. The van der Waals surface area contributed by atoms with Crippen molar-refractivity contribution in [2.75, 3.05) is 0 Å². The topological polar surface area (TPSA) is 80.9 Å². The van der Waals surface area contributed by atoms with Crippen molar-refractivity contribution in [3.8, 4) is 0 Å². The molecule has 0 aromatic heterocycles. The van der Waals surface area contributed by atoms with Crippen molar-refractivity contribution in [3.05, 3.63) is 0 Å². The van der Waals surface area contributed by atoms with Crippen LogP contribution < -0.4 is 0 Å². The van der Waals surface area contributed by atoms with E-state index in [1.54, 1.807) is 0 Å². The van der Waals surface area contributed by atoms with E-state index in [0.717, 1.165) is 38.5 Å². The molecular weight excluding hydrogens is 424 g/mol. The van der Waals surface area contributed by atoms with Crippen molar-refractivity contribution in [2.45, 2.75) is 131 Å². The number of aliphatic hydroxyl groups excluding tert-OH is 3. The molecular formula is C30H52O4. The van der Waals surface area contributed by atoms with Crippen LogP contribution in [-0.2, 0) is 0 Å². The van der Waals surface area contributed by atoms with Gasteiger partial charge in [-0.3, -0.25) is 0 Å². The Balaban J connectivity index is 1.57. The second kappa shape index (κ2) is 7.23. The highest BCUT2D eigenvalue weighted by atomic mass is 16.3. The first-order valence-electron chi connectivity index (χ1n) is 14.2. The molecule has 5 saturated carbocycles. The van der Waals surface area contributed by atoms with Crippen LogP contribution in [0.5, 0.6) is 0 Å². The maximum absolute atomic E-state index is 11.8. The Labute approximate surface area is 207 Å². The van der Waals surface area contributed by atoms with Crippen LogP contribution in [0.4, 0.5) is 0 Å². The van der Waals surface area contributed by atoms with Gasteiger partial charge in [-0.15, -0.1) is 0 Å². The molecule has 0 spiro atoms. The van der Waals surface area contributed by atoms with E-state index in [0.29, 0.717) is 11.8 Å². The van der Waals surface area contributed by atoms with Crippen molar-refractivity contribution in [3.63, 3.8) is 0 Å². The van der Waals surface area contributed by atoms with E-state index in [1.165, 1.54) is 12.8 Å². The lowest BCUT2D eigenvalue weighted by Gasteiger charge is -2.74. The van der Waals surface area contributed by atoms with Crippen molar-refractivity contribution >= 4 is 0 Å². The zero-order valence-corrected chi connectivity index (χ0v) is 23.1. The number of hydrogen-bond donors (Lipinski definition) is 4. The average Bonchev–Trinajstić information content (AvgIpc) is 3.05. The summed E-state index contributed by atoms with van der Waals surface area (Å²) in [5, 5.41) is 45.4. The summed E-state index contributed by atoms with van der Waals surface area (Å²) in [4.78, 5) is 0. The molecule has 4 nitrogen and oxygen atoms in total. The van der Waals surface area contributed by atoms with Gasteiger partial charge in [0.15, 0.2) is 0 Å². The molecule has 12 atom stereocenters. The molecule has 0 saturated heterocycles. The molecule has 5 aliphatic rings. The van der Waals surface area contributed by atoms with E-state index < -0.39 is 17.8 Å². The fourth-order valence-electron chi connectivity index (χ4n) is 12.3. The maximum Gasteiger partial charge on any atom is 0.0623 e. The third kappa shape index (κ3) is 2.92. The van der Waals surface area contributed by atoms with Crippen molar-refractivity contribution in [1.82, 2.24) is 0 Å². The normalized spacial score (nSPS) is 58.9. The van der Waals surface area contributed by atoms with Gasteiger partial charge < -0.3 is 20.4 Å². The summed E-state index contributed by atoms with van der Waals surface area (Å²) in [5.41, 5.74) is -1.15. The SMILES string of the molecule is CC12CC[C@@H](C(C)(C)O)C1[C@@H](O)CC1(C)C2CCC2[C@@]3(C)CC[C@H](O)C(C)(C)C3C(O)C[C@]21C. The highest BCUT2D eigenvalue weighted by molar-refractivity contribution is 5.22. The van der Waals surface area contributed by atoms with Crippen molar-refractivity contribution in [2.24, 2.45) is 56.7 Å². The van der Waals surface area contributed by atoms with Gasteiger partial charge in [0.1, 0.15) is 0 Å². The summed E-state index contributed by atoms with van der Waals surface area (Å²) in [6, 6.07) is 0. The molecule has 4 heteroatoms. The van der Waals surface area contributed by atoms with Crippen molar-refractivity contribution in [1.29, 1.82) is 0 Å². The average molecular weight is 477 g/mol. The van der Waals surface area contributed by atoms with Crippen LogP contribution in [0, 0.1) is 56.7 Å². The molecule has 34 heavy (non-hydrogen) atoms. The lowest BCUT2D eigenvalue weighted by atomic mass is 9.31. The van der Waals surface area contributed by atoms with Crippen LogP contribution in [0.25, 0.3) is 0 Å². The first-order chi connectivity index (χ1) is 15.4. The van der Waals surface area contributed by atoms with Gasteiger partial charge in [0, 0.05) is 0 Å². The smallest absolute Gasteiger partial charge is 0.0623 e. The van der Waals surface area contributed by atoms with Crippen LogP contribution in [0.3, 0.4) is 0 Å². The summed E-state index contributed by atoms with van der Waals surface area (Å²) in [7, 11) is 0. The number of rotatable bonds is 1. The van der Waals surface area contributed by atoms with E-state index in [-0.39, 0.29) is 50.9 Å². The Morgan fingerprint density at radius 3 is 1.74 bits per heavy atom. The summed E-state index contributed by atoms with van der Waals surface area (Å²) in [5.74, 6) is 1.37. The molecule has 0 aliphatic heterocycles. The molecule has 0 aromatic carbocycles. The zero-order chi connectivity index (χ0) is 25.3. The monoisotopic (exact) mass is 476 g/mol. The Bertz CT molecular complexity index is 832. The largest absolute Gasteiger partial charge is 0.393 e. The fraction of sp³-hybridized carbons (Fsp3) is 1.00. The van der Waals surface area contributed by atoms with E-state index in [1.807, 2.05) is 13.8 Å². The third-order valence-electron chi connectivity index (χ3n) is 13.7. The van der Waals surface area contributed by atoms with Crippen LogP contribution in [-0.4, -0.2) is 44.3 Å². The van der Waals surface area contributed by atoms with Crippen molar-refractivity contribution < 1.29 is 20.4 Å². The van der Waals surface area contributed by atoms with Crippen LogP contribution in [0.2, 0.25) is 0 Å². The number of aliphatic hydroxyl groups is 4. The molecule has 196 valence electrons. The molecule has 4 N–H and O–H groups in total. The minimum Gasteiger partial charge on any atom is -0.393 e. The lowest BCUT2D eigenvalue weighted by Crippen LogP contribution is -2.71. The fourth-order valence-corrected chi connectivity index (χ4v) is 12.3. The molecule has 0 bridgehead atoms.